The molecule has 0 aliphatic rings. The number of nitrogens with zero attached hydrogens (tertiary/aromatic N) is 7. The van der Waals surface area contributed by atoms with Crippen LogP contribution in [0, 0.1) is 0 Å². The zero-order chi connectivity index (χ0) is 22.7. The van der Waals surface area contributed by atoms with Crippen molar-refractivity contribution in [2.45, 2.75) is 18.9 Å². The van der Waals surface area contributed by atoms with Crippen LogP contribution in [0.5, 0.6) is 0 Å². The van der Waals surface area contributed by atoms with Gasteiger partial charge in [0.2, 0.25) is 0 Å². The van der Waals surface area contributed by atoms with E-state index < -0.39 is 6.10 Å². The van der Waals surface area contributed by atoms with E-state index in [0.29, 0.717) is 38.5 Å². The number of hydrogen-bond acceptors (Lipinski definition) is 8. The fraction of sp³-hybridized carbons (Fsp3) is 0.300. The Balaban J connectivity index is 1.59. The second-order valence-corrected chi connectivity index (χ2v) is 7.74. The number of ketones is 1. The smallest absolute Gasteiger partial charge is 0.193 e. The van der Waals surface area contributed by atoms with Gasteiger partial charge >= 0.3 is 0 Å². The van der Waals surface area contributed by atoms with E-state index >= 15 is 0 Å². The SMILES string of the molecule is COC[C@H](OC)c1c(CC(=O)Cc2cnc(-n3nccn3)c(Cl)c2)cnc2cc(Cl)nn12. The number of carbonyl (C=O) groups is 1. The molecule has 0 N–H and O–H groups in total. The van der Waals surface area contributed by atoms with E-state index in [0.717, 1.165) is 0 Å². The number of ether oxygens (including phenoxy) is 2. The number of aromatic nitrogens is 7. The predicted molar refractivity (Wildman–Crippen MR) is 116 cm³/mol. The Hall–Kier alpha value is -2.92. The molecule has 1 atom stereocenters. The Morgan fingerprint density at radius 1 is 1.09 bits per heavy atom. The molecule has 32 heavy (non-hydrogen) atoms. The molecule has 0 saturated carbocycles. The lowest BCUT2D eigenvalue weighted by molar-refractivity contribution is -0.117. The number of rotatable bonds is 9. The highest BCUT2D eigenvalue weighted by Crippen LogP contribution is 2.25. The maximum absolute atomic E-state index is 12.9. The van der Waals surface area contributed by atoms with Crippen LogP contribution in [0.1, 0.15) is 22.9 Å². The van der Waals surface area contributed by atoms with Crippen LogP contribution in [0.3, 0.4) is 0 Å². The predicted octanol–water partition coefficient (Wildman–Crippen LogP) is 2.70. The molecule has 0 radical (unpaired) electrons. The van der Waals surface area contributed by atoms with Gasteiger partial charge in [0, 0.05) is 51.1 Å². The number of hydrogen-bond donors (Lipinski definition) is 0. The molecule has 0 spiro atoms. The summed E-state index contributed by atoms with van der Waals surface area (Å²) in [6, 6.07) is 3.32. The molecule has 0 fully saturated rings. The Bertz CT molecular complexity index is 1240. The van der Waals surface area contributed by atoms with Crippen molar-refractivity contribution in [1.82, 2.24) is 34.6 Å². The summed E-state index contributed by atoms with van der Waals surface area (Å²) in [5, 5.41) is 13.0. The summed E-state index contributed by atoms with van der Waals surface area (Å²) in [6.07, 6.45) is 6.07. The summed E-state index contributed by atoms with van der Waals surface area (Å²) in [6.45, 7) is 0.275. The largest absolute Gasteiger partial charge is 0.382 e. The first-order valence-electron chi connectivity index (χ1n) is 9.57. The summed E-state index contributed by atoms with van der Waals surface area (Å²) in [4.78, 5) is 22.9. The molecule has 4 heterocycles. The molecule has 0 bridgehead atoms. The molecule has 166 valence electrons. The lowest BCUT2D eigenvalue weighted by Gasteiger charge is -2.19. The van der Waals surface area contributed by atoms with Crippen molar-refractivity contribution in [3.8, 4) is 5.82 Å². The molecule has 0 unspecified atom stereocenters. The molecule has 10 nitrogen and oxygen atoms in total. The Labute approximate surface area is 193 Å². The molecule has 4 aromatic rings. The first-order chi connectivity index (χ1) is 15.5. The third-order valence-electron chi connectivity index (χ3n) is 4.75. The molecule has 0 aromatic carbocycles. The van der Waals surface area contributed by atoms with Gasteiger partial charge in [0.25, 0.3) is 0 Å². The zero-order valence-electron chi connectivity index (χ0n) is 17.3. The van der Waals surface area contributed by atoms with Crippen LogP contribution in [0.15, 0.2) is 36.9 Å². The second kappa shape index (κ2) is 9.70. The van der Waals surface area contributed by atoms with E-state index in [1.807, 2.05) is 0 Å². The summed E-state index contributed by atoms with van der Waals surface area (Å²) < 4.78 is 12.5. The lowest BCUT2D eigenvalue weighted by atomic mass is 10.0. The first kappa shape index (κ1) is 22.3. The van der Waals surface area contributed by atoms with E-state index in [1.54, 1.807) is 43.3 Å². The summed E-state index contributed by atoms with van der Waals surface area (Å²) in [5.41, 5.74) is 2.56. The van der Waals surface area contributed by atoms with E-state index in [4.69, 9.17) is 32.7 Å². The topological polar surface area (TPSA) is 109 Å². The highest BCUT2D eigenvalue weighted by Gasteiger charge is 2.22. The minimum atomic E-state index is -0.457. The van der Waals surface area contributed by atoms with Gasteiger partial charge in [-0.05, 0) is 11.6 Å². The molecule has 4 aromatic heterocycles. The standard InChI is InChI=1S/C20H19Cl2N7O3/c1-31-11-16(32-2)19-13(10-23-18-8-17(22)27-28(18)19)7-14(30)5-12-6-15(21)20(24-9-12)29-25-3-4-26-29/h3-4,6,8-10,16H,5,7,11H2,1-2H3/t16-/m0/s1. The normalized spacial score (nSPS) is 12.4. The Kier molecular flexibility index (Phi) is 6.75. The van der Waals surface area contributed by atoms with Gasteiger partial charge in [-0.1, -0.05) is 23.2 Å². The van der Waals surface area contributed by atoms with Crippen LogP contribution in [-0.4, -0.2) is 61.2 Å². The summed E-state index contributed by atoms with van der Waals surface area (Å²) in [7, 11) is 3.14. The highest BCUT2D eigenvalue weighted by molar-refractivity contribution is 6.32. The lowest BCUT2D eigenvalue weighted by Crippen LogP contribution is -2.19. The van der Waals surface area contributed by atoms with Crippen molar-refractivity contribution < 1.29 is 14.3 Å². The van der Waals surface area contributed by atoms with Crippen molar-refractivity contribution in [3.63, 3.8) is 0 Å². The number of pyridine rings is 1. The molecular weight excluding hydrogens is 457 g/mol. The maximum atomic E-state index is 12.9. The molecule has 0 aliphatic heterocycles. The van der Waals surface area contributed by atoms with Gasteiger partial charge in [0.15, 0.2) is 16.6 Å². The van der Waals surface area contributed by atoms with Crippen molar-refractivity contribution in [2.24, 2.45) is 0 Å². The van der Waals surface area contributed by atoms with E-state index in [9.17, 15) is 4.79 Å². The quantitative estimate of drug-likeness (QED) is 0.363. The van der Waals surface area contributed by atoms with E-state index in [-0.39, 0.29) is 25.2 Å². The fourth-order valence-electron chi connectivity index (χ4n) is 3.39. The molecule has 0 amide bonds. The Morgan fingerprint density at radius 2 is 1.88 bits per heavy atom. The van der Waals surface area contributed by atoms with Gasteiger partial charge in [-0.25, -0.2) is 14.5 Å². The highest BCUT2D eigenvalue weighted by atomic mass is 35.5. The van der Waals surface area contributed by atoms with Crippen LogP contribution in [-0.2, 0) is 27.1 Å². The van der Waals surface area contributed by atoms with E-state index in [1.165, 1.54) is 17.2 Å². The zero-order valence-corrected chi connectivity index (χ0v) is 18.8. The summed E-state index contributed by atoms with van der Waals surface area (Å²) in [5.74, 6) is 0.337. The van der Waals surface area contributed by atoms with Crippen molar-refractivity contribution in [2.75, 3.05) is 20.8 Å². The number of halogens is 2. The Morgan fingerprint density at radius 3 is 2.56 bits per heavy atom. The van der Waals surface area contributed by atoms with Gasteiger partial charge in [-0.2, -0.15) is 15.3 Å². The number of fused-ring (bicyclic) bond motifs is 1. The number of carbonyl (C=O) groups excluding carboxylic acids is 1. The molecule has 12 heteroatoms. The second-order valence-electron chi connectivity index (χ2n) is 6.95. The minimum Gasteiger partial charge on any atom is -0.382 e. The van der Waals surface area contributed by atoms with Crippen LogP contribution < -0.4 is 0 Å². The van der Waals surface area contributed by atoms with Crippen LogP contribution in [0.25, 0.3) is 11.5 Å². The van der Waals surface area contributed by atoms with Crippen molar-refractivity contribution in [1.29, 1.82) is 0 Å². The van der Waals surface area contributed by atoms with Crippen LogP contribution in [0.4, 0.5) is 0 Å². The van der Waals surface area contributed by atoms with Gasteiger partial charge < -0.3 is 9.47 Å². The third-order valence-corrected chi connectivity index (χ3v) is 5.22. The van der Waals surface area contributed by atoms with Gasteiger partial charge in [-0.3, -0.25) is 4.79 Å². The number of methoxy groups -OCH3 is 2. The number of Topliss-reactive ketones (excluding diaryl/α,β-unsaturated/α-hetero) is 1. The molecule has 0 aliphatic carbocycles. The average molecular weight is 476 g/mol. The van der Waals surface area contributed by atoms with Crippen LogP contribution in [0.2, 0.25) is 10.2 Å². The monoisotopic (exact) mass is 475 g/mol. The van der Waals surface area contributed by atoms with Gasteiger partial charge in [0.05, 0.1) is 29.7 Å². The first-order valence-corrected chi connectivity index (χ1v) is 10.3. The van der Waals surface area contributed by atoms with Crippen molar-refractivity contribution >= 4 is 34.6 Å². The third kappa shape index (κ3) is 4.63. The van der Waals surface area contributed by atoms with Crippen molar-refractivity contribution in [3.05, 3.63) is 63.9 Å². The minimum absolute atomic E-state index is 0.0549. The van der Waals surface area contributed by atoms with Crippen LogP contribution >= 0.6 is 23.2 Å². The molecule has 4 rings (SSSR count). The van der Waals surface area contributed by atoms with Gasteiger partial charge in [0.1, 0.15) is 11.9 Å². The molecular formula is C20H19Cl2N7O3. The molecule has 0 saturated heterocycles. The van der Waals surface area contributed by atoms with E-state index in [2.05, 4.69) is 25.3 Å². The maximum Gasteiger partial charge on any atom is 0.193 e. The fourth-order valence-corrected chi connectivity index (χ4v) is 3.83. The van der Waals surface area contributed by atoms with Gasteiger partial charge in [-0.15, -0.1) is 4.80 Å². The average Bonchev–Trinajstić information content (AvgIpc) is 3.41. The summed E-state index contributed by atoms with van der Waals surface area (Å²) >= 11 is 12.4.